The first-order valence-corrected chi connectivity index (χ1v) is 7.85. The second-order valence-corrected chi connectivity index (χ2v) is 6.21. The maximum atomic E-state index is 12.1. The smallest absolute Gasteiger partial charge is 0.239 e. The summed E-state index contributed by atoms with van der Waals surface area (Å²) in [5.74, 6) is 0.626. The number of likely N-dealkylation sites (N-methyl/N-ethyl adjacent to an activating group) is 1. The minimum atomic E-state index is -0.347. The SMILES string of the molecule is CCCC(N)C(=O)N(C)CC1CCN(CC(C)O)CC1.Cl.Cl. The highest BCUT2D eigenvalue weighted by Gasteiger charge is 2.24. The zero-order chi connectivity index (χ0) is 15.1. The molecular formula is C15H33Cl2N3O2. The van der Waals surface area contributed by atoms with Crippen molar-refractivity contribution in [2.45, 2.75) is 51.7 Å². The lowest BCUT2D eigenvalue weighted by Gasteiger charge is -2.34. The van der Waals surface area contributed by atoms with Gasteiger partial charge in [-0.3, -0.25) is 4.79 Å². The molecule has 7 heteroatoms. The molecule has 0 radical (unpaired) electrons. The first-order valence-electron chi connectivity index (χ1n) is 7.85. The number of halogens is 2. The molecule has 0 aliphatic carbocycles. The summed E-state index contributed by atoms with van der Waals surface area (Å²) >= 11 is 0. The Kier molecular flexibility index (Phi) is 13.6. The van der Waals surface area contributed by atoms with E-state index in [0.717, 1.165) is 51.9 Å². The molecule has 1 heterocycles. The fraction of sp³-hybridized carbons (Fsp3) is 0.933. The molecule has 22 heavy (non-hydrogen) atoms. The van der Waals surface area contributed by atoms with Gasteiger partial charge in [0.25, 0.3) is 0 Å². The van der Waals surface area contributed by atoms with Crippen molar-refractivity contribution in [3.63, 3.8) is 0 Å². The van der Waals surface area contributed by atoms with Gasteiger partial charge in [0.15, 0.2) is 0 Å². The van der Waals surface area contributed by atoms with E-state index in [-0.39, 0.29) is 42.9 Å². The van der Waals surface area contributed by atoms with Gasteiger partial charge in [-0.25, -0.2) is 0 Å². The Morgan fingerprint density at radius 3 is 2.36 bits per heavy atom. The van der Waals surface area contributed by atoms with E-state index in [1.165, 1.54) is 0 Å². The predicted molar refractivity (Wildman–Crippen MR) is 95.9 cm³/mol. The lowest BCUT2D eigenvalue weighted by molar-refractivity contribution is -0.132. The Morgan fingerprint density at radius 2 is 1.91 bits per heavy atom. The van der Waals surface area contributed by atoms with E-state index in [0.29, 0.717) is 5.92 Å². The van der Waals surface area contributed by atoms with Crippen molar-refractivity contribution < 1.29 is 9.90 Å². The number of piperidine rings is 1. The summed E-state index contributed by atoms with van der Waals surface area (Å²) in [6.45, 7) is 7.46. The first kappa shape index (κ1) is 24.2. The van der Waals surface area contributed by atoms with Gasteiger partial charge in [0.2, 0.25) is 5.91 Å². The third-order valence-corrected chi connectivity index (χ3v) is 4.05. The maximum Gasteiger partial charge on any atom is 0.239 e. The van der Waals surface area contributed by atoms with Crippen molar-refractivity contribution in [3.8, 4) is 0 Å². The molecule has 5 nitrogen and oxygen atoms in total. The minimum absolute atomic E-state index is 0. The van der Waals surface area contributed by atoms with Crippen LogP contribution in [0.25, 0.3) is 0 Å². The van der Waals surface area contributed by atoms with Gasteiger partial charge >= 0.3 is 0 Å². The second kappa shape index (κ2) is 12.4. The minimum Gasteiger partial charge on any atom is -0.392 e. The number of hydrogen-bond acceptors (Lipinski definition) is 4. The molecule has 1 amide bonds. The van der Waals surface area contributed by atoms with Gasteiger partial charge in [-0.15, -0.1) is 24.8 Å². The van der Waals surface area contributed by atoms with Crippen LogP contribution in [0, 0.1) is 5.92 Å². The molecular weight excluding hydrogens is 325 g/mol. The van der Waals surface area contributed by atoms with Crippen molar-refractivity contribution in [3.05, 3.63) is 0 Å². The van der Waals surface area contributed by atoms with E-state index in [4.69, 9.17) is 5.73 Å². The van der Waals surface area contributed by atoms with Crippen LogP contribution in [0.2, 0.25) is 0 Å². The molecule has 134 valence electrons. The summed E-state index contributed by atoms with van der Waals surface area (Å²) in [6, 6.07) is -0.347. The average Bonchev–Trinajstić information content (AvgIpc) is 2.39. The van der Waals surface area contributed by atoms with E-state index in [1.54, 1.807) is 4.90 Å². The number of likely N-dealkylation sites (tertiary alicyclic amines) is 1. The monoisotopic (exact) mass is 357 g/mol. The zero-order valence-corrected chi connectivity index (χ0v) is 15.7. The van der Waals surface area contributed by atoms with Crippen molar-refractivity contribution in [1.29, 1.82) is 0 Å². The molecule has 3 N–H and O–H groups in total. The van der Waals surface area contributed by atoms with Crippen molar-refractivity contribution >= 4 is 30.7 Å². The predicted octanol–water partition coefficient (Wildman–Crippen LogP) is 1.51. The number of aliphatic hydroxyl groups excluding tert-OH is 1. The number of nitrogens with zero attached hydrogens (tertiary/aromatic N) is 2. The van der Waals surface area contributed by atoms with Gasteiger partial charge in [-0.2, -0.15) is 0 Å². The number of hydrogen-bond donors (Lipinski definition) is 2. The zero-order valence-electron chi connectivity index (χ0n) is 14.0. The molecule has 0 bridgehead atoms. The van der Waals surface area contributed by atoms with Crippen molar-refractivity contribution in [2.75, 3.05) is 33.2 Å². The first-order chi connectivity index (χ1) is 9.43. The highest BCUT2D eigenvalue weighted by Crippen LogP contribution is 2.18. The van der Waals surface area contributed by atoms with E-state index in [1.807, 2.05) is 20.9 Å². The standard InChI is InChI=1S/C15H31N3O2.2ClH/c1-4-5-14(16)15(20)17(3)11-13-6-8-18(9-7-13)10-12(2)19;;/h12-14,19H,4-11,16H2,1-3H3;2*1H. The highest BCUT2D eigenvalue weighted by atomic mass is 35.5. The van der Waals surface area contributed by atoms with Gasteiger partial charge in [0, 0.05) is 20.1 Å². The Labute approximate surface area is 147 Å². The fourth-order valence-electron chi connectivity index (χ4n) is 2.92. The molecule has 0 aromatic carbocycles. The van der Waals surface area contributed by atoms with Crippen LogP contribution in [0.1, 0.15) is 39.5 Å². The topological polar surface area (TPSA) is 69.8 Å². The quantitative estimate of drug-likeness (QED) is 0.724. The number of β-amino-alcohol motifs (C(OH)–C–C–N with tert-alkyl or cyclic N) is 1. The lowest BCUT2D eigenvalue weighted by atomic mass is 9.95. The van der Waals surface area contributed by atoms with Gasteiger partial charge in [0.05, 0.1) is 12.1 Å². The molecule has 0 aromatic heterocycles. The number of amides is 1. The molecule has 0 aromatic rings. The van der Waals surface area contributed by atoms with Gasteiger partial charge in [-0.1, -0.05) is 13.3 Å². The Hall–Kier alpha value is -0.0700. The fourth-order valence-corrected chi connectivity index (χ4v) is 2.92. The number of carbonyl (C=O) groups excluding carboxylic acids is 1. The summed E-state index contributed by atoms with van der Waals surface area (Å²) in [4.78, 5) is 16.2. The third kappa shape index (κ3) is 8.53. The molecule has 1 rings (SSSR count). The van der Waals surface area contributed by atoms with E-state index in [9.17, 15) is 9.90 Å². The molecule has 1 aliphatic heterocycles. The lowest BCUT2D eigenvalue weighted by Crippen LogP contribution is -2.45. The van der Waals surface area contributed by atoms with Gasteiger partial charge < -0.3 is 20.6 Å². The Bertz CT molecular complexity index is 299. The van der Waals surface area contributed by atoms with Crippen LogP contribution in [0.5, 0.6) is 0 Å². The van der Waals surface area contributed by atoms with Gasteiger partial charge in [-0.05, 0) is 45.2 Å². The molecule has 2 unspecified atom stereocenters. The van der Waals surface area contributed by atoms with E-state index in [2.05, 4.69) is 4.90 Å². The summed E-state index contributed by atoms with van der Waals surface area (Å²) in [6.07, 6.45) is 3.62. The van der Waals surface area contributed by atoms with Crippen LogP contribution >= 0.6 is 24.8 Å². The van der Waals surface area contributed by atoms with Gasteiger partial charge in [0.1, 0.15) is 0 Å². The average molecular weight is 358 g/mol. The number of carbonyl (C=O) groups is 1. The molecule has 1 aliphatic rings. The third-order valence-electron chi connectivity index (χ3n) is 4.05. The molecule has 0 saturated carbocycles. The number of nitrogens with two attached hydrogens (primary N) is 1. The second-order valence-electron chi connectivity index (χ2n) is 6.21. The van der Waals surface area contributed by atoms with Crippen LogP contribution in [-0.4, -0.2) is 66.2 Å². The van der Waals surface area contributed by atoms with Crippen molar-refractivity contribution in [2.24, 2.45) is 11.7 Å². The normalized spacial score (nSPS) is 18.8. The molecule has 0 spiro atoms. The van der Waals surface area contributed by atoms with Crippen LogP contribution in [-0.2, 0) is 4.79 Å². The summed E-state index contributed by atoms with van der Waals surface area (Å²) in [7, 11) is 1.86. The summed E-state index contributed by atoms with van der Waals surface area (Å²) in [5.41, 5.74) is 5.88. The van der Waals surface area contributed by atoms with Crippen LogP contribution in [0.4, 0.5) is 0 Å². The Morgan fingerprint density at radius 1 is 1.36 bits per heavy atom. The molecule has 1 fully saturated rings. The number of rotatable bonds is 7. The maximum absolute atomic E-state index is 12.1. The summed E-state index contributed by atoms with van der Waals surface area (Å²) in [5, 5.41) is 9.39. The van der Waals surface area contributed by atoms with E-state index < -0.39 is 0 Å². The molecule has 2 atom stereocenters. The van der Waals surface area contributed by atoms with Crippen LogP contribution in [0.3, 0.4) is 0 Å². The van der Waals surface area contributed by atoms with Crippen LogP contribution < -0.4 is 5.73 Å². The highest BCUT2D eigenvalue weighted by molar-refractivity contribution is 5.85. The van der Waals surface area contributed by atoms with E-state index >= 15 is 0 Å². The largest absolute Gasteiger partial charge is 0.392 e. The Balaban J connectivity index is 0. The molecule has 1 saturated heterocycles. The van der Waals surface area contributed by atoms with Crippen LogP contribution in [0.15, 0.2) is 0 Å². The van der Waals surface area contributed by atoms with Crippen molar-refractivity contribution in [1.82, 2.24) is 9.80 Å². The number of aliphatic hydroxyl groups is 1. The summed E-state index contributed by atoms with van der Waals surface area (Å²) < 4.78 is 0.